The first-order valence-electron chi connectivity index (χ1n) is 14.4. The summed E-state index contributed by atoms with van der Waals surface area (Å²) < 4.78 is 18.4. The Kier molecular flexibility index (Phi) is 9.90. The van der Waals surface area contributed by atoms with E-state index in [1.165, 1.54) is 21.3 Å². The van der Waals surface area contributed by atoms with Crippen LogP contribution >= 0.6 is 0 Å². The second-order valence-corrected chi connectivity index (χ2v) is 11.1. The number of fused-ring (bicyclic) bond motifs is 1. The molecule has 0 spiro atoms. The summed E-state index contributed by atoms with van der Waals surface area (Å²) >= 11 is 0. The molecule has 0 fully saturated rings. The minimum Gasteiger partial charge on any atom is -0.493 e. The summed E-state index contributed by atoms with van der Waals surface area (Å²) in [7, 11) is 4.56. The number of nitrogens with one attached hydrogen (secondary N) is 1. The Bertz CT molecular complexity index is 1560. The summed E-state index contributed by atoms with van der Waals surface area (Å²) in [5.74, 6) is 0.569. The third-order valence-corrected chi connectivity index (χ3v) is 7.82. The van der Waals surface area contributed by atoms with Gasteiger partial charge in [-0.3, -0.25) is 9.59 Å². The Morgan fingerprint density at radius 1 is 0.977 bits per heavy atom. The van der Waals surface area contributed by atoms with Gasteiger partial charge in [0.1, 0.15) is 18.1 Å². The maximum atomic E-state index is 14.3. The highest BCUT2D eigenvalue weighted by Crippen LogP contribution is 2.41. The molecule has 1 heterocycles. The number of para-hydroxylation sites is 1. The van der Waals surface area contributed by atoms with Gasteiger partial charge in [0, 0.05) is 12.1 Å². The van der Waals surface area contributed by atoms with E-state index in [0.29, 0.717) is 41.2 Å². The number of carbonyl (C=O) groups excluding carboxylic acids is 2. The summed E-state index contributed by atoms with van der Waals surface area (Å²) in [5.41, 5.74) is 3.63. The molecule has 1 N–H and O–H groups in total. The molecule has 0 aliphatic carbocycles. The monoisotopic (exact) mass is 587 g/mol. The predicted molar refractivity (Wildman–Crippen MR) is 165 cm³/mol. The van der Waals surface area contributed by atoms with E-state index in [0.717, 1.165) is 16.6 Å². The van der Waals surface area contributed by atoms with Crippen LogP contribution in [-0.4, -0.2) is 65.1 Å². The molecule has 0 saturated heterocycles. The maximum absolute atomic E-state index is 14.3. The van der Waals surface area contributed by atoms with Crippen molar-refractivity contribution in [3.05, 3.63) is 77.4 Å². The molecule has 10 nitrogen and oxygen atoms in total. The van der Waals surface area contributed by atoms with Crippen LogP contribution in [0.2, 0.25) is 0 Å². The van der Waals surface area contributed by atoms with Crippen LogP contribution in [0.3, 0.4) is 0 Å². The van der Waals surface area contributed by atoms with E-state index in [2.05, 4.69) is 15.6 Å². The van der Waals surface area contributed by atoms with Crippen LogP contribution in [-0.2, 0) is 22.6 Å². The highest BCUT2D eigenvalue weighted by atomic mass is 16.5. The average Bonchev–Trinajstić information content (AvgIpc) is 3.41. The van der Waals surface area contributed by atoms with Crippen molar-refractivity contribution in [3.8, 4) is 17.2 Å². The van der Waals surface area contributed by atoms with Crippen LogP contribution in [0.25, 0.3) is 11.0 Å². The van der Waals surface area contributed by atoms with Gasteiger partial charge in [-0.25, -0.2) is 4.68 Å². The van der Waals surface area contributed by atoms with Gasteiger partial charge in [-0.2, -0.15) is 0 Å². The van der Waals surface area contributed by atoms with Crippen molar-refractivity contribution in [2.24, 2.45) is 0 Å². The highest BCUT2D eigenvalue weighted by molar-refractivity contribution is 5.90. The van der Waals surface area contributed by atoms with Crippen molar-refractivity contribution in [1.29, 1.82) is 0 Å². The molecule has 0 saturated carbocycles. The molecule has 10 heteroatoms. The molecule has 43 heavy (non-hydrogen) atoms. The number of aryl methyl sites for hydroxylation is 1. The van der Waals surface area contributed by atoms with Gasteiger partial charge in [-0.15, -0.1) is 5.10 Å². The summed E-state index contributed by atoms with van der Waals surface area (Å²) in [6, 6.07) is 17.9. The van der Waals surface area contributed by atoms with Crippen LogP contribution in [0.5, 0.6) is 17.2 Å². The molecule has 0 aliphatic heterocycles. The van der Waals surface area contributed by atoms with Gasteiger partial charge in [-0.1, -0.05) is 48.5 Å². The number of nitrogens with zero attached hydrogens (tertiary/aromatic N) is 4. The van der Waals surface area contributed by atoms with Gasteiger partial charge in [0.25, 0.3) is 0 Å². The van der Waals surface area contributed by atoms with E-state index in [9.17, 15) is 9.59 Å². The molecule has 228 valence electrons. The molecule has 0 aliphatic rings. The van der Waals surface area contributed by atoms with Crippen LogP contribution in [0, 0.1) is 6.92 Å². The number of benzene rings is 3. The summed E-state index contributed by atoms with van der Waals surface area (Å²) in [6.07, 6.45) is 1.24. The van der Waals surface area contributed by atoms with E-state index in [1.807, 2.05) is 76.2 Å². The molecule has 2 amide bonds. The van der Waals surface area contributed by atoms with E-state index in [4.69, 9.17) is 14.2 Å². The number of hydrogen-bond acceptors (Lipinski definition) is 7. The fourth-order valence-corrected chi connectivity index (χ4v) is 5.00. The summed E-state index contributed by atoms with van der Waals surface area (Å²) in [5, 5.41) is 11.6. The van der Waals surface area contributed by atoms with Gasteiger partial charge < -0.3 is 24.4 Å². The van der Waals surface area contributed by atoms with Crippen molar-refractivity contribution in [1.82, 2.24) is 25.2 Å². The third kappa shape index (κ3) is 7.07. The molecule has 0 bridgehead atoms. The molecule has 4 rings (SSSR count). The first kappa shape index (κ1) is 31.3. The zero-order chi connectivity index (χ0) is 31.1. The number of methoxy groups -OCH3 is 3. The first-order valence-corrected chi connectivity index (χ1v) is 14.4. The SMILES string of the molecule is CCC(C)(C)NC(=O)C(c1cc(OC)c(OC)c(OC)c1)N(CCc1ccccc1C)C(=O)Cn1nnc2ccccc21. The molecular formula is C33H41N5O5. The number of hydrogen-bond donors (Lipinski definition) is 1. The number of rotatable bonds is 13. The number of carbonyl (C=O) groups is 2. The Labute approximate surface area is 252 Å². The minimum absolute atomic E-state index is 0.0976. The maximum Gasteiger partial charge on any atom is 0.247 e. The van der Waals surface area contributed by atoms with E-state index in [1.54, 1.807) is 21.7 Å². The molecule has 0 radical (unpaired) electrons. The lowest BCUT2D eigenvalue weighted by molar-refractivity contribution is -0.142. The van der Waals surface area contributed by atoms with Crippen LogP contribution < -0.4 is 19.5 Å². The molecule has 4 aromatic rings. The zero-order valence-corrected chi connectivity index (χ0v) is 26.0. The molecule has 1 aromatic heterocycles. The number of aromatic nitrogens is 3. The first-order chi connectivity index (χ1) is 20.6. The fourth-order valence-electron chi connectivity index (χ4n) is 5.00. The van der Waals surface area contributed by atoms with Crippen molar-refractivity contribution >= 4 is 22.8 Å². The summed E-state index contributed by atoms with van der Waals surface area (Å²) in [6.45, 7) is 8.13. The lowest BCUT2D eigenvalue weighted by Gasteiger charge is -2.35. The van der Waals surface area contributed by atoms with Gasteiger partial charge in [0.15, 0.2) is 11.5 Å². The van der Waals surface area contributed by atoms with Crippen molar-refractivity contribution < 1.29 is 23.8 Å². The van der Waals surface area contributed by atoms with E-state index < -0.39 is 11.6 Å². The van der Waals surface area contributed by atoms with E-state index >= 15 is 0 Å². The van der Waals surface area contributed by atoms with Gasteiger partial charge in [0.2, 0.25) is 17.6 Å². The largest absolute Gasteiger partial charge is 0.493 e. The van der Waals surface area contributed by atoms with Crippen LogP contribution in [0.4, 0.5) is 0 Å². The van der Waals surface area contributed by atoms with Gasteiger partial charge in [0.05, 0.1) is 26.8 Å². The molecule has 1 atom stereocenters. The van der Waals surface area contributed by atoms with E-state index in [-0.39, 0.29) is 24.9 Å². The average molecular weight is 588 g/mol. The Morgan fingerprint density at radius 3 is 2.26 bits per heavy atom. The predicted octanol–water partition coefficient (Wildman–Crippen LogP) is 4.88. The van der Waals surface area contributed by atoms with Crippen LogP contribution in [0.1, 0.15) is 49.9 Å². The molecule has 3 aromatic carbocycles. The molecular weight excluding hydrogens is 546 g/mol. The standard InChI is InChI=1S/C33H41N5O5/c1-8-33(3,4)34-32(40)30(24-19-27(41-5)31(43-7)28(20-24)42-6)37(18-17-23-14-10-9-13-22(23)2)29(39)21-38-26-16-12-11-15-25(26)35-36-38/h9-16,19-20,30H,8,17-18,21H2,1-7H3,(H,34,40). The second-order valence-electron chi connectivity index (χ2n) is 11.1. The normalized spacial score (nSPS) is 12.1. The number of ether oxygens (including phenoxy) is 3. The molecule has 1 unspecified atom stereocenters. The van der Waals surface area contributed by atoms with Gasteiger partial charge >= 0.3 is 0 Å². The zero-order valence-electron chi connectivity index (χ0n) is 26.0. The quantitative estimate of drug-likeness (QED) is 0.238. The Hall–Kier alpha value is -4.60. The lowest BCUT2D eigenvalue weighted by Crippen LogP contribution is -2.51. The van der Waals surface area contributed by atoms with Crippen molar-refractivity contribution in [3.63, 3.8) is 0 Å². The highest BCUT2D eigenvalue weighted by Gasteiger charge is 2.35. The second kappa shape index (κ2) is 13.6. The van der Waals surface area contributed by atoms with Crippen molar-refractivity contribution in [2.75, 3.05) is 27.9 Å². The van der Waals surface area contributed by atoms with Crippen LogP contribution in [0.15, 0.2) is 60.7 Å². The minimum atomic E-state index is -1.01. The smallest absolute Gasteiger partial charge is 0.247 e. The lowest BCUT2D eigenvalue weighted by atomic mass is 9.97. The Balaban J connectivity index is 1.84. The third-order valence-electron chi connectivity index (χ3n) is 7.82. The Morgan fingerprint density at radius 2 is 1.63 bits per heavy atom. The topological polar surface area (TPSA) is 108 Å². The fraction of sp³-hybridized carbons (Fsp3) is 0.394. The van der Waals surface area contributed by atoms with Crippen molar-refractivity contribution in [2.45, 2.75) is 58.7 Å². The number of amides is 2. The van der Waals surface area contributed by atoms with Gasteiger partial charge in [-0.05, 0) is 74.6 Å². The summed E-state index contributed by atoms with van der Waals surface area (Å²) in [4.78, 5) is 30.2.